The zero-order valence-corrected chi connectivity index (χ0v) is 15.6. The first-order valence-corrected chi connectivity index (χ1v) is 9.05. The summed E-state index contributed by atoms with van der Waals surface area (Å²) in [6.45, 7) is 1.72. The van der Waals surface area contributed by atoms with Crippen LogP contribution < -0.4 is 4.74 Å². The minimum Gasteiger partial charge on any atom is -0.487 e. The summed E-state index contributed by atoms with van der Waals surface area (Å²) in [5.41, 5.74) is 0.174. The van der Waals surface area contributed by atoms with Gasteiger partial charge in [0.2, 0.25) is 0 Å². The van der Waals surface area contributed by atoms with Gasteiger partial charge in [0.05, 0.1) is 16.6 Å². The molecule has 0 N–H and O–H groups in total. The molecule has 0 amide bonds. The predicted molar refractivity (Wildman–Crippen MR) is 100 cm³/mol. The number of carbonyl (C=O) groups excluding carboxylic acids is 1. The van der Waals surface area contributed by atoms with Crippen LogP contribution in [0.4, 0.5) is 10.1 Å². The van der Waals surface area contributed by atoms with Crippen LogP contribution in [0.5, 0.6) is 5.75 Å². The Kier molecular flexibility index (Phi) is 5.57. The number of non-ortho nitro benzene ring substituents is 1. The highest BCUT2D eigenvalue weighted by Crippen LogP contribution is 2.36. The van der Waals surface area contributed by atoms with Crippen LogP contribution >= 0.6 is 22.9 Å². The monoisotopic (exact) mass is 409 g/mol. The summed E-state index contributed by atoms with van der Waals surface area (Å²) in [4.78, 5) is 22.7. The molecule has 3 aromatic rings. The van der Waals surface area contributed by atoms with E-state index in [4.69, 9.17) is 21.1 Å². The van der Waals surface area contributed by atoms with E-state index in [1.54, 1.807) is 19.1 Å². The summed E-state index contributed by atoms with van der Waals surface area (Å²) >= 11 is 7.14. The van der Waals surface area contributed by atoms with Gasteiger partial charge in [-0.15, -0.1) is 11.3 Å². The fourth-order valence-corrected chi connectivity index (χ4v) is 3.88. The number of hydrogen-bond acceptors (Lipinski definition) is 6. The van der Waals surface area contributed by atoms with Crippen molar-refractivity contribution in [3.05, 3.63) is 67.8 Å². The Morgan fingerprint density at radius 1 is 1.33 bits per heavy atom. The van der Waals surface area contributed by atoms with Crippen molar-refractivity contribution in [3.8, 4) is 5.75 Å². The van der Waals surface area contributed by atoms with Gasteiger partial charge in [0, 0.05) is 27.8 Å². The van der Waals surface area contributed by atoms with Crippen LogP contribution in [-0.4, -0.2) is 17.5 Å². The second-order valence-corrected chi connectivity index (χ2v) is 6.86. The molecule has 140 valence electrons. The molecular weight excluding hydrogens is 397 g/mol. The Labute approximate surface area is 162 Å². The molecule has 0 bridgehead atoms. The third kappa shape index (κ3) is 3.86. The van der Waals surface area contributed by atoms with Crippen molar-refractivity contribution >= 4 is 44.7 Å². The lowest BCUT2D eigenvalue weighted by atomic mass is 10.1. The highest BCUT2D eigenvalue weighted by Gasteiger charge is 2.22. The second-order valence-electron chi connectivity index (χ2n) is 5.40. The first kappa shape index (κ1) is 19.1. The first-order valence-electron chi connectivity index (χ1n) is 7.86. The van der Waals surface area contributed by atoms with Gasteiger partial charge in [-0.05, 0) is 25.1 Å². The number of nitro groups is 1. The van der Waals surface area contributed by atoms with E-state index in [9.17, 15) is 19.3 Å². The van der Waals surface area contributed by atoms with E-state index in [2.05, 4.69) is 0 Å². The van der Waals surface area contributed by atoms with Crippen molar-refractivity contribution in [3.63, 3.8) is 0 Å². The summed E-state index contributed by atoms with van der Waals surface area (Å²) in [6.07, 6.45) is 0. The average Bonchev–Trinajstić information content (AvgIpc) is 3.01. The third-order valence-electron chi connectivity index (χ3n) is 3.72. The number of halogens is 2. The normalized spacial score (nSPS) is 10.8. The molecule has 2 aromatic carbocycles. The molecule has 0 atom stereocenters. The van der Waals surface area contributed by atoms with Crippen LogP contribution in [0.3, 0.4) is 0 Å². The lowest BCUT2D eigenvalue weighted by Gasteiger charge is -2.09. The second kappa shape index (κ2) is 7.89. The number of ether oxygens (including phenoxy) is 2. The van der Waals surface area contributed by atoms with Crippen molar-refractivity contribution in [2.45, 2.75) is 13.5 Å². The van der Waals surface area contributed by atoms with Gasteiger partial charge in [0.15, 0.2) is 0 Å². The molecule has 0 saturated carbocycles. The Bertz CT molecular complexity index is 1040. The lowest BCUT2D eigenvalue weighted by Crippen LogP contribution is -2.07. The van der Waals surface area contributed by atoms with E-state index in [1.165, 1.54) is 18.2 Å². The molecule has 0 saturated heterocycles. The maximum absolute atomic E-state index is 14.4. The number of nitrogens with zero attached hydrogens (tertiary/aromatic N) is 1. The number of rotatable bonds is 6. The molecular formula is C18H13ClFNO5S. The Morgan fingerprint density at radius 3 is 2.78 bits per heavy atom. The van der Waals surface area contributed by atoms with Gasteiger partial charge >= 0.3 is 5.97 Å². The molecule has 6 nitrogen and oxygen atoms in total. The number of thiophene rings is 1. The zero-order valence-electron chi connectivity index (χ0n) is 14.0. The van der Waals surface area contributed by atoms with E-state index in [0.29, 0.717) is 10.3 Å². The fraction of sp³-hybridized carbons (Fsp3) is 0.167. The summed E-state index contributed by atoms with van der Waals surface area (Å²) in [7, 11) is 0. The van der Waals surface area contributed by atoms with E-state index in [1.807, 2.05) is 0 Å². The van der Waals surface area contributed by atoms with Crippen molar-refractivity contribution in [1.82, 2.24) is 0 Å². The van der Waals surface area contributed by atoms with Crippen LogP contribution in [0.15, 0.2) is 36.4 Å². The van der Waals surface area contributed by atoms with Crippen molar-refractivity contribution in [2.75, 3.05) is 6.61 Å². The number of fused-ring (bicyclic) bond motifs is 1. The largest absolute Gasteiger partial charge is 0.487 e. The molecule has 1 heterocycles. The molecule has 0 aliphatic heterocycles. The Hall–Kier alpha value is -2.71. The Morgan fingerprint density at radius 2 is 2.11 bits per heavy atom. The average molecular weight is 410 g/mol. The maximum Gasteiger partial charge on any atom is 0.348 e. The highest BCUT2D eigenvalue weighted by molar-refractivity contribution is 7.21. The van der Waals surface area contributed by atoms with Gasteiger partial charge < -0.3 is 9.47 Å². The van der Waals surface area contributed by atoms with Crippen LogP contribution in [0.1, 0.15) is 22.2 Å². The molecule has 0 aliphatic carbocycles. The van der Waals surface area contributed by atoms with Gasteiger partial charge in [-0.2, -0.15) is 0 Å². The molecule has 9 heteroatoms. The molecule has 0 spiro atoms. The number of hydrogen-bond donors (Lipinski definition) is 0. The van der Waals surface area contributed by atoms with Crippen LogP contribution in [-0.2, 0) is 11.3 Å². The zero-order chi connectivity index (χ0) is 19.6. The number of carbonyl (C=O) groups is 1. The number of nitro benzene ring substituents is 1. The summed E-state index contributed by atoms with van der Waals surface area (Å²) in [5, 5.41) is 11.1. The molecule has 0 fully saturated rings. The molecule has 0 unspecified atom stereocenters. The molecule has 3 rings (SSSR count). The lowest BCUT2D eigenvalue weighted by molar-refractivity contribution is -0.384. The molecule has 1 aromatic heterocycles. The minimum absolute atomic E-state index is 0.0434. The van der Waals surface area contributed by atoms with Gasteiger partial charge in [-0.25, -0.2) is 9.18 Å². The van der Waals surface area contributed by atoms with Gasteiger partial charge in [0.25, 0.3) is 5.69 Å². The Balaban J connectivity index is 1.97. The van der Waals surface area contributed by atoms with Crippen molar-refractivity contribution in [2.24, 2.45) is 0 Å². The van der Waals surface area contributed by atoms with Crippen LogP contribution in [0.2, 0.25) is 5.02 Å². The SMILES string of the molecule is CCOC(=O)c1sc2cccc(F)c2c1COc1ccc([N+](=O)[O-])cc1Cl. The molecule has 0 aliphatic rings. The number of benzene rings is 2. The maximum atomic E-state index is 14.4. The van der Waals surface area contributed by atoms with Crippen molar-refractivity contribution < 1.29 is 23.6 Å². The minimum atomic E-state index is -0.573. The van der Waals surface area contributed by atoms with Crippen LogP contribution in [0, 0.1) is 15.9 Å². The van der Waals surface area contributed by atoms with Gasteiger partial charge in [-0.3, -0.25) is 10.1 Å². The summed E-state index contributed by atoms with van der Waals surface area (Å²) in [6, 6.07) is 8.33. The van der Waals surface area contributed by atoms with Crippen molar-refractivity contribution in [1.29, 1.82) is 0 Å². The van der Waals surface area contributed by atoms with Gasteiger partial charge in [-0.1, -0.05) is 17.7 Å². The fourth-order valence-electron chi connectivity index (χ4n) is 2.54. The molecule has 27 heavy (non-hydrogen) atoms. The summed E-state index contributed by atoms with van der Waals surface area (Å²) < 4.78 is 25.6. The quantitative estimate of drug-likeness (QED) is 0.311. The van der Waals surface area contributed by atoms with E-state index in [-0.39, 0.29) is 39.9 Å². The van der Waals surface area contributed by atoms with Crippen LogP contribution in [0.25, 0.3) is 10.1 Å². The van der Waals surface area contributed by atoms with Gasteiger partial charge in [0.1, 0.15) is 23.1 Å². The summed E-state index contributed by atoms with van der Waals surface area (Å²) in [5.74, 6) is -0.855. The third-order valence-corrected chi connectivity index (χ3v) is 5.20. The van der Waals surface area contributed by atoms with E-state index < -0.39 is 16.7 Å². The van der Waals surface area contributed by atoms with E-state index in [0.717, 1.165) is 17.4 Å². The highest BCUT2D eigenvalue weighted by atomic mass is 35.5. The standard InChI is InChI=1S/C18H13ClFNO5S/c1-2-25-18(22)17-11(16-13(20)4-3-5-15(16)27-17)9-26-14-7-6-10(21(23)24)8-12(14)19/h3-8H,2,9H2,1H3. The predicted octanol–water partition coefficient (Wildman–Crippen LogP) is 5.36. The number of esters is 1. The van der Waals surface area contributed by atoms with E-state index >= 15 is 0 Å². The molecule has 0 radical (unpaired) electrons. The first-order chi connectivity index (χ1) is 12.9. The smallest absolute Gasteiger partial charge is 0.348 e. The topological polar surface area (TPSA) is 78.7 Å².